The normalized spacial score (nSPS) is 9.76. The molecule has 0 saturated heterocycles. The van der Waals surface area contributed by atoms with Gasteiger partial charge in [-0.1, -0.05) is 0 Å². The lowest BCUT2D eigenvalue weighted by Crippen LogP contribution is -2.27. The first kappa shape index (κ1) is 15.7. The van der Waals surface area contributed by atoms with Gasteiger partial charge in [0.15, 0.2) is 0 Å². The predicted octanol–water partition coefficient (Wildman–Crippen LogP) is -0.488. The van der Waals surface area contributed by atoms with E-state index in [-0.39, 0.29) is 5.91 Å². The molecule has 100 valence electrons. The van der Waals surface area contributed by atoms with Crippen LogP contribution in [0.15, 0.2) is 0 Å². The van der Waals surface area contributed by atoms with E-state index in [0.29, 0.717) is 39.5 Å². The SMILES string of the molecule is COC(=O)NCCOCCOCCNC(C)=O. The first-order valence-corrected chi connectivity index (χ1v) is 5.38. The summed E-state index contributed by atoms with van der Waals surface area (Å²) >= 11 is 0. The van der Waals surface area contributed by atoms with E-state index in [4.69, 9.17) is 9.47 Å². The van der Waals surface area contributed by atoms with Gasteiger partial charge in [-0.3, -0.25) is 4.79 Å². The Bertz CT molecular complexity index is 223. The Labute approximate surface area is 101 Å². The number of carbonyl (C=O) groups excluding carboxylic acids is 2. The Balaban J connectivity index is 3.03. The second-order valence-corrected chi connectivity index (χ2v) is 3.13. The Hall–Kier alpha value is -1.34. The van der Waals surface area contributed by atoms with Gasteiger partial charge in [0.25, 0.3) is 0 Å². The van der Waals surface area contributed by atoms with Crippen molar-refractivity contribution in [3.8, 4) is 0 Å². The lowest BCUT2D eigenvalue weighted by Gasteiger charge is -2.06. The number of carbonyl (C=O) groups is 2. The Kier molecular flexibility index (Phi) is 10.3. The van der Waals surface area contributed by atoms with Crippen LogP contribution in [0.4, 0.5) is 4.79 Å². The molecular formula is C10H20N2O5. The third kappa shape index (κ3) is 12.6. The summed E-state index contributed by atoms with van der Waals surface area (Å²) in [7, 11) is 1.30. The first-order chi connectivity index (χ1) is 8.16. The number of amides is 2. The van der Waals surface area contributed by atoms with Gasteiger partial charge in [-0.2, -0.15) is 0 Å². The fourth-order valence-electron chi connectivity index (χ4n) is 0.919. The molecule has 0 aliphatic rings. The third-order valence-electron chi connectivity index (χ3n) is 1.69. The minimum Gasteiger partial charge on any atom is -0.453 e. The average molecular weight is 248 g/mol. The van der Waals surface area contributed by atoms with E-state index in [1.807, 2.05) is 0 Å². The molecule has 17 heavy (non-hydrogen) atoms. The van der Waals surface area contributed by atoms with Crippen molar-refractivity contribution in [2.75, 3.05) is 46.6 Å². The highest BCUT2D eigenvalue weighted by Crippen LogP contribution is 1.79. The molecule has 0 heterocycles. The molecule has 2 amide bonds. The van der Waals surface area contributed by atoms with Crippen molar-refractivity contribution in [1.82, 2.24) is 10.6 Å². The molecule has 0 rings (SSSR count). The van der Waals surface area contributed by atoms with Crippen molar-refractivity contribution in [1.29, 1.82) is 0 Å². The average Bonchev–Trinajstić information content (AvgIpc) is 2.30. The Morgan fingerprint density at radius 1 is 0.941 bits per heavy atom. The highest BCUT2D eigenvalue weighted by atomic mass is 16.5. The van der Waals surface area contributed by atoms with Crippen LogP contribution in [0.1, 0.15) is 6.92 Å². The van der Waals surface area contributed by atoms with Gasteiger partial charge in [0.2, 0.25) is 5.91 Å². The Morgan fingerprint density at radius 3 is 1.94 bits per heavy atom. The van der Waals surface area contributed by atoms with Crippen molar-refractivity contribution in [2.24, 2.45) is 0 Å². The maximum Gasteiger partial charge on any atom is 0.406 e. The fraction of sp³-hybridized carbons (Fsp3) is 0.800. The van der Waals surface area contributed by atoms with E-state index in [1.165, 1.54) is 14.0 Å². The third-order valence-corrected chi connectivity index (χ3v) is 1.69. The van der Waals surface area contributed by atoms with Crippen molar-refractivity contribution in [2.45, 2.75) is 6.92 Å². The van der Waals surface area contributed by atoms with Crippen LogP contribution in [0.3, 0.4) is 0 Å². The summed E-state index contributed by atoms with van der Waals surface area (Å²) in [6.07, 6.45) is -0.472. The molecule has 0 aliphatic heterocycles. The highest BCUT2D eigenvalue weighted by molar-refractivity contribution is 5.72. The van der Waals surface area contributed by atoms with Gasteiger partial charge < -0.3 is 24.8 Å². The fourth-order valence-corrected chi connectivity index (χ4v) is 0.919. The summed E-state index contributed by atoms with van der Waals surface area (Å²) in [4.78, 5) is 21.1. The van der Waals surface area contributed by atoms with Crippen LogP contribution in [-0.4, -0.2) is 58.6 Å². The number of hydrogen-bond acceptors (Lipinski definition) is 5. The zero-order chi connectivity index (χ0) is 12.9. The van der Waals surface area contributed by atoms with E-state index in [0.717, 1.165) is 0 Å². The van der Waals surface area contributed by atoms with E-state index < -0.39 is 6.09 Å². The van der Waals surface area contributed by atoms with Gasteiger partial charge in [0, 0.05) is 20.0 Å². The summed E-state index contributed by atoms with van der Waals surface area (Å²) in [6.45, 7) is 4.13. The predicted molar refractivity (Wildman–Crippen MR) is 60.7 cm³/mol. The van der Waals surface area contributed by atoms with Crippen molar-refractivity contribution in [3.05, 3.63) is 0 Å². The van der Waals surface area contributed by atoms with Crippen LogP contribution < -0.4 is 10.6 Å². The van der Waals surface area contributed by atoms with Gasteiger partial charge in [-0.15, -0.1) is 0 Å². The van der Waals surface area contributed by atoms with E-state index in [1.54, 1.807) is 0 Å². The monoisotopic (exact) mass is 248 g/mol. The van der Waals surface area contributed by atoms with Crippen LogP contribution in [0, 0.1) is 0 Å². The molecule has 0 aromatic carbocycles. The maximum absolute atomic E-state index is 10.6. The van der Waals surface area contributed by atoms with Crippen LogP contribution in [0.25, 0.3) is 0 Å². The van der Waals surface area contributed by atoms with Crippen molar-refractivity contribution >= 4 is 12.0 Å². The molecule has 0 spiro atoms. The molecule has 0 bridgehead atoms. The molecule has 0 radical (unpaired) electrons. The number of nitrogens with one attached hydrogen (secondary N) is 2. The summed E-state index contributed by atoms with van der Waals surface area (Å²) in [6, 6.07) is 0. The quantitative estimate of drug-likeness (QED) is 0.538. The number of hydrogen-bond donors (Lipinski definition) is 2. The molecule has 7 heteroatoms. The minimum absolute atomic E-state index is 0.0706. The second-order valence-electron chi connectivity index (χ2n) is 3.13. The topological polar surface area (TPSA) is 85.9 Å². The van der Waals surface area contributed by atoms with Gasteiger partial charge in [-0.05, 0) is 0 Å². The molecular weight excluding hydrogens is 228 g/mol. The number of methoxy groups -OCH3 is 1. The van der Waals surface area contributed by atoms with Gasteiger partial charge >= 0.3 is 6.09 Å². The molecule has 0 atom stereocenters. The number of ether oxygens (including phenoxy) is 3. The molecule has 0 aromatic heterocycles. The van der Waals surface area contributed by atoms with Crippen LogP contribution >= 0.6 is 0 Å². The molecule has 0 aromatic rings. The van der Waals surface area contributed by atoms with Crippen molar-refractivity contribution in [3.63, 3.8) is 0 Å². The number of rotatable bonds is 9. The van der Waals surface area contributed by atoms with Gasteiger partial charge in [0.05, 0.1) is 33.5 Å². The first-order valence-electron chi connectivity index (χ1n) is 5.38. The zero-order valence-corrected chi connectivity index (χ0v) is 10.3. The summed E-state index contributed by atoms with van der Waals surface area (Å²) in [5, 5.41) is 5.09. The summed E-state index contributed by atoms with van der Waals surface area (Å²) < 4.78 is 14.7. The van der Waals surface area contributed by atoms with E-state index in [9.17, 15) is 9.59 Å². The lowest BCUT2D eigenvalue weighted by molar-refractivity contribution is -0.119. The largest absolute Gasteiger partial charge is 0.453 e. The molecule has 0 aliphatic carbocycles. The molecule has 0 saturated carbocycles. The van der Waals surface area contributed by atoms with Crippen LogP contribution in [-0.2, 0) is 19.0 Å². The van der Waals surface area contributed by atoms with Gasteiger partial charge in [-0.25, -0.2) is 4.79 Å². The van der Waals surface area contributed by atoms with Crippen LogP contribution in [0.5, 0.6) is 0 Å². The summed E-state index contributed by atoms with van der Waals surface area (Å²) in [5.41, 5.74) is 0. The Morgan fingerprint density at radius 2 is 1.47 bits per heavy atom. The molecule has 7 nitrogen and oxygen atoms in total. The lowest BCUT2D eigenvalue weighted by atomic mass is 10.6. The summed E-state index contributed by atoms with van der Waals surface area (Å²) in [5.74, 6) is -0.0706. The zero-order valence-electron chi connectivity index (χ0n) is 10.3. The second kappa shape index (κ2) is 11.2. The number of alkyl carbamates (subject to hydrolysis) is 1. The van der Waals surface area contributed by atoms with E-state index in [2.05, 4.69) is 15.4 Å². The minimum atomic E-state index is -0.472. The maximum atomic E-state index is 10.6. The standard InChI is InChI=1S/C10H20N2O5/c1-9(13)11-3-5-16-7-8-17-6-4-12-10(14)15-2/h3-8H2,1-2H3,(H,11,13)(H,12,14). The van der Waals surface area contributed by atoms with Gasteiger partial charge in [0.1, 0.15) is 0 Å². The smallest absolute Gasteiger partial charge is 0.406 e. The van der Waals surface area contributed by atoms with Crippen LogP contribution in [0.2, 0.25) is 0 Å². The highest BCUT2D eigenvalue weighted by Gasteiger charge is 1.96. The molecule has 2 N–H and O–H groups in total. The van der Waals surface area contributed by atoms with E-state index >= 15 is 0 Å². The van der Waals surface area contributed by atoms with Crippen molar-refractivity contribution < 1.29 is 23.8 Å². The molecule has 0 unspecified atom stereocenters. The molecule has 0 fully saturated rings.